The van der Waals surface area contributed by atoms with Crippen molar-refractivity contribution >= 4 is 11.9 Å². The Morgan fingerprint density at radius 1 is 1.00 bits per heavy atom. The summed E-state index contributed by atoms with van der Waals surface area (Å²) in [5, 5.41) is 19.4. The number of carboxylic acids is 2. The van der Waals surface area contributed by atoms with Crippen molar-refractivity contribution in [2.75, 3.05) is 0 Å². The van der Waals surface area contributed by atoms with Gasteiger partial charge in [0.25, 0.3) is 0 Å². The Morgan fingerprint density at radius 2 is 1.56 bits per heavy atom. The average Bonchev–Trinajstić information content (AvgIpc) is 2.83. The fourth-order valence-corrected chi connectivity index (χ4v) is 3.69. The molecule has 0 amide bonds. The molecule has 1 unspecified atom stereocenters. The first kappa shape index (κ1) is 16.9. The van der Waals surface area contributed by atoms with Gasteiger partial charge in [-0.2, -0.15) is 0 Å². The lowest BCUT2D eigenvalue weighted by Crippen LogP contribution is -2.41. The van der Waals surface area contributed by atoms with E-state index in [0.717, 1.165) is 6.42 Å². The zero-order valence-corrected chi connectivity index (χ0v) is 13.8. The fourth-order valence-electron chi connectivity index (χ4n) is 3.69. The maximum atomic E-state index is 9.55. The molecule has 0 saturated carbocycles. The molecule has 128 valence electrons. The minimum absolute atomic E-state index is 0.0100. The van der Waals surface area contributed by atoms with Crippen molar-refractivity contribution in [3.05, 3.63) is 82.9 Å². The van der Waals surface area contributed by atoms with E-state index in [4.69, 9.17) is 10.2 Å². The molecule has 0 aromatic heterocycles. The van der Waals surface area contributed by atoms with Crippen LogP contribution < -0.4 is 5.32 Å². The topological polar surface area (TPSA) is 86.6 Å². The Bertz CT molecular complexity index is 829. The molecule has 2 aromatic carbocycles. The van der Waals surface area contributed by atoms with Crippen molar-refractivity contribution in [3.8, 4) is 0 Å². The Labute approximate surface area is 145 Å². The number of benzene rings is 2. The van der Waals surface area contributed by atoms with E-state index in [-0.39, 0.29) is 5.54 Å². The third kappa shape index (κ3) is 3.19. The SMILES string of the molecule is C[C@]12NC(Cc3ccccc31)c1ccccc12.O=C(O)/C=C/C(=O)O. The largest absolute Gasteiger partial charge is 0.478 e. The van der Waals surface area contributed by atoms with Crippen LogP contribution in [0.5, 0.6) is 0 Å². The molecule has 5 nitrogen and oxygen atoms in total. The van der Waals surface area contributed by atoms with Crippen LogP contribution in [0.2, 0.25) is 0 Å². The minimum atomic E-state index is -1.26. The van der Waals surface area contributed by atoms with Gasteiger partial charge in [-0.15, -0.1) is 0 Å². The second-order valence-corrected chi connectivity index (χ2v) is 6.28. The fraction of sp³-hybridized carbons (Fsp3) is 0.200. The molecular weight excluding hydrogens is 318 g/mol. The highest BCUT2D eigenvalue weighted by atomic mass is 16.4. The number of carbonyl (C=O) groups is 2. The number of carboxylic acid groups (broad SMARTS) is 2. The second kappa shape index (κ2) is 6.53. The first-order chi connectivity index (χ1) is 11.9. The van der Waals surface area contributed by atoms with Crippen molar-refractivity contribution < 1.29 is 19.8 Å². The molecule has 3 N–H and O–H groups in total. The van der Waals surface area contributed by atoms with E-state index in [1.54, 1.807) is 0 Å². The number of aliphatic carboxylic acids is 2. The highest BCUT2D eigenvalue weighted by Crippen LogP contribution is 2.47. The lowest BCUT2D eigenvalue weighted by atomic mass is 9.82. The van der Waals surface area contributed by atoms with Gasteiger partial charge < -0.3 is 10.2 Å². The van der Waals surface area contributed by atoms with Crippen LogP contribution in [-0.4, -0.2) is 22.2 Å². The molecule has 0 saturated heterocycles. The molecule has 4 rings (SSSR count). The van der Waals surface area contributed by atoms with Crippen molar-refractivity contribution in [1.82, 2.24) is 5.32 Å². The number of rotatable bonds is 2. The lowest BCUT2D eigenvalue weighted by molar-refractivity contribution is -0.134. The highest BCUT2D eigenvalue weighted by molar-refractivity contribution is 5.89. The zero-order chi connectivity index (χ0) is 18.0. The monoisotopic (exact) mass is 337 g/mol. The molecule has 0 fully saturated rings. The molecule has 2 aliphatic heterocycles. The standard InChI is InChI=1S/C16H15N.C4H4O4/c1-16-13-8-4-2-6-11(13)10-15(17-16)12-7-3-5-9-14(12)16;5-3(6)1-2-4(7)8/h2-9,15,17H,10H2,1H3;1-2H,(H,5,6)(H,7,8)/b;2-1+/t15?,16-;/m0./s1. The van der Waals surface area contributed by atoms with Gasteiger partial charge in [0, 0.05) is 18.2 Å². The Hall–Kier alpha value is -2.92. The molecule has 0 spiro atoms. The van der Waals surface area contributed by atoms with E-state index in [2.05, 4.69) is 60.8 Å². The van der Waals surface area contributed by atoms with Crippen molar-refractivity contribution in [3.63, 3.8) is 0 Å². The van der Waals surface area contributed by atoms with Crippen LogP contribution in [-0.2, 0) is 21.5 Å². The maximum absolute atomic E-state index is 9.55. The van der Waals surface area contributed by atoms with Crippen LogP contribution >= 0.6 is 0 Å². The molecule has 0 aliphatic carbocycles. The number of fused-ring (bicyclic) bond motifs is 7. The predicted octanol–water partition coefficient (Wildman–Crippen LogP) is 2.86. The van der Waals surface area contributed by atoms with Crippen LogP contribution in [0.1, 0.15) is 35.2 Å². The van der Waals surface area contributed by atoms with Crippen molar-refractivity contribution in [1.29, 1.82) is 0 Å². The zero-order valence-electron chi connectivity index (χ0n) is 13.8. The summed E-state index contributed by atoms with van der Waals surface area (Å²) in [6, 6.07) is 18.2. The van der Waals surface area contributed by atoms with E-state index < -0.39 is 11.9 Å². The summed E-state index contributed by atoms with van der Waals surface area (Å²) in [7, 11) is 0. The van der Waals surface area contributed by atoms with Crippen LogP contribution in [0.25, 0.3) is 0 Å². The predicted molar refractivity (Wildman–Crippen MR) is 93.3 cm³/mol. The quantitative estimate of drug-likeness (QED) is 0.734. The second-order valence-electron chi connectivity index (χ2n) is 6.28. The van der Waals surface area contributed by atoms with Gasteiger partial charge in [0.05, 0.1) is 5.54 Å². The van der Waals surface area contributed by atoms with E-state index in [9.17, 15) is 9.59 Å². The first-order valence-electron chi connectivity index (χ1n) is 8.01. The van der Waals surface area contributed by atoms with Gasteiger partial charge in [-0.05, 0) is 35.6 Å². The summed E-state index contributed by atoms with van der Waals surface area (Å²) < 4.78 is 0. The molecule has 2 aliphatic rings. The summed E-state index contributed by atoms with van der Waals surface area (Å²) in [4.78, 5) is 19.1. The molecule has 0 radical (unpaired) electrons. The summed E-state index contributed by atoms with van der Waals surface area (Å²) in [6.07, 6.45) is 2.23. The van der Waals surface area contributed by atoms with E-state index >= 15 is 0 Å². The lowest BCUT2D eigenvalue weighted by Gasteiger charge is -2.34. The van der Waals surface area contributed by atoms with Gasteiger partial charge in [-0.1, -0.05) is 48.5 Å². The minimum Gasteiger partial charge on any atom is -0.478 e. The maximum Gasteiger partial charge on any atom is 0.328 e. The smallest absolute Gasteiger partial charge is 0.328 e. The van der Waals surface area contributed by atoms with Crippen LogP contribution in [0.15, 0.2) is 60.7 Å². The Kier molecular flexibility index (Phi) is 4.42. The Balaban J connectivity index is 0.000000197. The molecule has 2 bridgehead atoms. The van der Waals surface area contributed by atoms with Crippen LogP contribution in [0, 0.1) is 0 Å². The number of nitrogens with one attached hydrogen (secondary N) is 1. The normalized spacial score (nSPS) is 22.5. The van der Waals surface area contributed by atoms with Gasteiger partial charge in [0.15, 0.2) is 0 Å². The van der Waals surface area contributed by atoms with Gasteiger partial charge in [0.1, 0.15) is 0 Å². The molecule has 2 heterocycles. The summed E-state index contributed by atoms with van der Waals surface area (Å²) in [5.74, 6) is -2.51. The number of hydrogen-bond donors (Lipinski definition) is 3. The van der Waals surface area contributed by atoms with Gasteiger partial charge in [0.2, 0.25) is 0 Å². The average molecular weight is 337 g/mol. The highest BCUT2D eigenvalue weighted by Gasteiger charge is 2.45. The van der Waals surface area contributed by atoms with Crippen molar-refractivity contribution in [2.45, 2.75) is 24.9 Å². The molecule has 2 aromatic rings. The third-order valence-electron chi connectivity index (χ3n) is 4.69. The first-order valence-corrected chi connectivity index (χ1v) is 8.01. The summed E-state index contributed by atoms with van der Waals surface area (Å²) >= 11 is 0. The van der Waals surface area contributed by atoms with E-state index in [0.29, 0.717) is 18.2 Å². The molecular formula is C20H19NO4. The number of hydrogen-bond acceptors (Lipinski definition) is 3. The van der Waals surface area contributed by atoms with Crippen molar-refractivity contribution in [2.24, 2.45) is 0 Å². The van der Waals surface area contributed by atoms with Gasteiger partial charge in [-0.25, -0.2) is 9.59 Å². The third-order valence-corrected chi connectivity index (χ3v) is 4.69. The Morgan fingerprint density at radius 3 is 2.20 bits per heavy atom. The summed E-state index contributed by atoms with van der Waals surface area (Å²) in [5.41, 5.74) is 5.88. The van der Waals surface area contributed by atoms with Gasteiger partial charge >= 0.3 is 11.9 Å². The van der Waals surface area contributed by atoms with E-state index in [1.807, 2.05) is 0 Å². The molecule has 5 heteroatoms. The van der Waals surface area contributed by atoms with Crippen LogP contribution in [0.4, 0.5) is 0 Å². The van der Waals surface area contributed by atoms with Crippen LogP contribution in [0.3, 0.4) is 0 Å². The van der Waals surface area contributed by atoms with Gasteiger partial charge in [-0.3, -0.25) is 5.32 Å². The molecule has 2 atom stereocenters. The molecule has 25 heavy (non-hydrogen) atoms. The summed E-state index contributed by atoms with van der Waals surface area (Å²) in [6.45, 7) is 2.31. The van der Waals surface area contributed by atoms with E-state index in [1.165, 1.54) is 22.3 Å².